The summed E-state index contributed by atoms with van der Waals surface area (Å²) in [6, 6.07) is -0.721. The molecule has 3 N–H and O–H groups in total. The smallest absolute Gasteiger partial charge is 0.394 e. The van der Waals surface area contributed by atoms with Gasteiger partial charge in [0.2, 0.25) is 0 Å². The van der Waals surface area contributed by atoms with Crippen molar-refractivity contribution in [3.8, 4) is 0 Å². The number of alkyl halides is 3. The van der Waals surface area contributed by atoms with E-state index in [1.807, 2.05) is 13.8 Å². The summed E-state index contributed by atoms with van der Waals surface area (Å²) in [6.07, 6.45) is -4.82. The second-order valence-corrected chi connectivity index (χ2v) is 6.87. The standard InChI is InChI=1S/C14H23F3N2O4/c1-8(20)4-13(2,3)7-18-12(23)19-5-9(11(21)22)10(6-19)14(15,16)17/h8-10,20H,4-7H2,1-3H3,(H,18,23)(H,21,22)/t8?,9-,10-/m1/s1. The molecule has 0 saturated carbocycles. The van der Waals surface area contributed by atoms with Gasteiger partial charge in [0, 0.05) is 19.6 Å². The molecule has 3 atom stereocenters. The summed E-state index contributed by atoms with van der Waals surface area (Å²) >= 11 is 0. The second-order valence-electron chi connectivity index (χ2n) is 6.87. The predicted molar refractivity (Wildman–Crippen MR) is 75.7 cm³/mol. The molecule has 0 spiro atoms. The molecule has 0 aromatic rings. The van der Waals surface area contributed by atoms with Crippen molar-refractivity contribution in [1.82, 2.24) is 10.2 Å². The summed E-state index contributed by atoms with van der Waals surface area (Å²) in [5, 5.41) is 20.8. The molecule has 1 aliphatic heterocycles. The zero-order chi connectivity index (χ0) is 18.0. The van der Waals surface area contributed by atoms with Crippen molar-refractivity contribution in [1.29, 1.82) is 0 Å². The van der Waals surface area contributed by atoms with Crippen molar-refractivity contribution in [3.63, 3.8) is 0 Å². The van der Waals surface area contributed by atoms with Crippen LogP contribution in [0.4, 0.5) is 18.0 Å². The number of aliphatic hydroxyl groups excluding tert-OH is 1. The van der Waals surface area contributed by atoms with E-state index in [9.17, 15) is 27.9 Å². The van der Waals surface area contributed by atoms with Crippen LogP contribution >= 0.6 is 0 Å². The van der Waals surface area contributed by atoms with Crippen LogP contribution in [0.3, 0.4) is 0 Å². The van der Waals surface area contributed by atoms with E-state index in [1.165, 1.54) is 0 Å². The van der Waals surface area contributed by atoms with Crippen molar-refractivity contribution in [2.75, 3.05) is 19.6 Å². The van der Waals surface area contributed by atoms with Crippen molar-refractivity contribution in [2.45, 2.75) is 39.5 Å². The Bertz CT molecular complexity index is 452. The van der Waals surface area contributed by atoms with Crippen LogP contribution in [0, 0.1) is 17.3 Å². The highest BCUT2D eigenvalue weighted by atomic mass is 19.4. The van der Waals surface area contributed by atoms with Crippen molar-refractivity contribution >= 4 is 12.0 Å². The number of carboxylic acid groups (broad SMARTS) is 1. The summed E-state index contributed by atoms with van der Waals surface area (Å²) in [5.41, 5.74) is -0.431. The van der Waals surface area contributed by atoms with Gasteiger partial charge in [0.1, 0.15) is 0 Å². The van der Waals surface area contributed by atoms with E-state index in [0.717, 1.165) is 4.90 Å². The van der Waals surface area contributed by atoms with Crippen LogP contribution in [0.1, 0.15) is 27.2 Å². The van der Waals surface area contributed by atoms with Gasteiger partial charge in [-0.05, 0) is 18.8 Å². The molecule has 0 aliphatic carbocycles. The van der Waals surface area contributed by atoms with Gasteiger partial charge in [0.15, 0.2) is 0 Å². The zero-order valence-corrected chi connectivity index (χ0v) is 13.4. The lowest BCUT2D eigenvalue weighted by atomic mass is 9.87. The van der Waals surface area contributed by atoms with Gasteiger partial charge in [-0.15, -0.1) is 0 Å². The van der Waals surface area contributed by atoms with Gasteiger partial charge in [0.05, 0.1) is 17.9 Å². The number of hydrogen-bond acceptors (Lipinski definition) is 3. The Kier molecular flexibility index (Phi) is 5.89. The number of hydrogen-bond donors (Lipinski definition) is 3. The minimum atomic E-state index is -4.66. The number of carbonyl (C=O) groups excluding carboxylic acids is 1. The van der Waals surface area contributed by atoms with Crippen LogP contribution in [-0.2, 0) is 4.79 Å². The van der Waals surface area contributed by atoms with Gasteiger partial charge < -0.3 is 20.4 Å². The summed E-state index contributed by atoms with van der Waals surface area (Å²) in [7, 11) is 0. The second kappa shape index (κ2) is 6.94. The van der Waals surface area contributed by atoms with Crippen LogP contribution in [0.25, 0.3) is 0 Å². The number of rotatable bonds is 5. The molecule has 0 aromatic carbocycles. The number of nitrogens with one attached hydrogen (secondary N) is 1. The van der Waals surface area contributed by atoms with Gasteiger partial charge in [0.25, 0.3) is 0 Å². The molecule has 0 aromatic heterocycles. The van der Waals surface area contributed by atoms with E-state index in [1.54, 1.807) is 6.92 Å². The summed E-state index contributed by atoms with van der Waals surface area (Å²) in [4.78, 5) is 23.9. The van der Waals surface area contributed by atoms with E-state index >= 15 is 0 Å². The normalized spacial score (nSPS) is 23.7. The Morgan fingerprint density at radius 3 is 2.26 bits per heavy atom. The highest BCUT2D eigenvalue weighted by Crippen LogP contribution is 2.37. The maximum atomic E-state index is 12.9. The molecule has 0 bridgehead atoms. The van der Waals surface area contributed by atoms with Crippen molar-refractivity contribution < 1.29 is 33.0 Å². The third-order valence-electron chi connectivity index (χ3n) is 3.91. The number of halogens is 3. The molecule has 1 fully saturated rings. The fraction of sp³-hybridized carbons (Fsp3) is 0.857. The number of aliphatic hydroxyl groups is 1. The topological polar surface area (TPSA) is 89.9 Å². The van der Waals surface area contributed by atoms with Crippen molar-refractivity contribution in [2.24, 2.45) is 17.3 Å². The lowest BCUT2D eigenvalue weighted by Crippen LogP contribution is -2.43. The summed E-state index contributed by atoms with van der Waals surface area (Å²) in [6.45, 7) is 4.26. The molecule has 1 rings (SSSR count). The fourth-order valence-electron chi connectivity index (χ4n) is 2.85. The first-order valence-electron chi connectivity index (χ1n) is 7.34. The van der Waals surface area contributed by atoms with E-state index in [-0.39, 0.29) is 6.54 Å². The molecule has 2 amide bonds. The molecular weight excluding hydrogens is 317 g/mol. The van der Waals surface area contributed by atoms with Crippen LogP contribution < -0.4 is 5.32 Å². The highest BCUT2D eigenvalue weighted by molar-refractivity contribution is 5.77. The summed E-state index contributed by atoms with van der Waals surface area (Å²) in [5.74, 6) is -5.26. The molecule has 1 unspecified atom stereocenters. The van der Waals surface area contributed by atoms with Gasteiger partial charge in [-0.2, -0.15) is 13.2 Å². The van der Waals surface area contributed by atoms with Crippen molar-refractivity contribution in [3.05, 3.63) is 0 Å². The van der Waals surface area contributed by atoms with E-state index < -0.39 is 54.6 Å². The highest BCUT2D eigenvalue weighted by Gasteiger charge is 2.53. The quantitative estimate of drug-likeness (QED) is 0.710. The van der Waals surface area contributed by atoms with Gasteiger partial charge >= 0.3 is 18.2 Å². The maximum Gasteiger partial charge on any atom is 0.394 e. The lowest BCUT2D eigenvalue weighted by molar-refractivity contribution is -0.187. The molecule has 1 saturated heterocycles. The fourth-order valence-corrected chi connectivity index (χ4v) is 2.85. The lowest BCUT2D eigenvalue weighted by Gasteiger charge is -2.28. The molecule has 134 valence electrons. The predicted octanol–water partition coefficient (Wildman–Crippen LogP) is 1.69. The van der Waals surface area contributed by atoms with Crippen LogP contribution in [0.5, 0.6) is 0 Å². The Balaban J connectivity index is 2.66. The molecule has 1 heterocycles. The number of likely N-dealkylation sites (tertiary alicyclic amines) is 1. The molecule has 23 heavy (non-hydrogen) atoms. The largest absolute Gasteiger partial charge is 0.481 e. The van der Waals surface area contributed by atoms with Gasteiger partial charge in [-0.1, -0.05) is 13.8 Å². The molecule has 1 aliphatic rings. The minimum absolute atomic E-state index is 0.168. The molecule has 9 heteroatoms. The average Bonchev–Trinajstić information content (AvgIpc) is 2.79. The number of urea groups is 1. The maximum absolute atomic E-state index is 12.9. The van der Waals surface area contributed by atoms with E-state index in [4.69, 9.17) is 5.11 Å². The van der Waals surface area contributed by atoms with Crippen LogP contribution in [0.15, 0.2) is 0 Å². The number of amides is 2. The first-order chi connectivity index (χ1) is 10.3. The number of carboxylic acids is 1. The Labute approximate surface area is 132 Å². The first kappa shape index (κ1) is 19.5. The zero-order valence-electron chi connectivity index (χ0n) is 13.4. The van der Waals surface area contributed by atoms with Gasteiger partial charge in [-0.3, -0.25) is 4.79 Å². The number of nitrogens with zero attached hydrogens (tertiary/aromatic N) is 1. The number of aliphatic carboxylic acids is 1. The van der Waals surface area contributed by atoms with E-state index in [0.29, 0.717) is 6.42 Å². The third-order valence-corrected chi connectivity index (χ3v) is 3.91. The average molecular weight is 340 g/mol. The summed E-state index contributed by atoms with van der Waals surface area (Å²) < 4.78 is 38.6. The Hall–Kier alpha value is -1.51. The molecule has 0 radical (unpaired) electrons. The third kappa shape index (κ3) is 5.56. The first-order valence-corrected chi connectivity index (χ1v) is 7.34. The van der Waals surface area contributed by atoms with Crippen LogP contribution in [0.2, 0.25) is 0 Å². The monoisotopic (exact) mass is 340 g/mol. The van der Waals surface area contributed by atoms with E-state index in [2.05, 4.69) is 5.32 Å². The SMILES string of the molecule is CC(O)CC(C)(C)CNC(=O)N1C[C@@H](C(F)(F)F)[C@H](C(=O)O)C1. The van der Waals surface area contributed by atoms with Gasteiger partial charge in [-0.25, -0.2) is 4.79 Å². The molecule has 6 nitrogen and oxygen atoms in total. The number of carbonyl (C=O) groups is 2. The minimum Gasteiger partial charge on any atom is -0.481 e. The Morgan fingerprint density at radius 2 is 1.87 bits per heavy atom. The Morgan fingerprint density at radius 1 is 1.30 bits per heavy atom. The molecular formula is C14H23F3N2O4. The van der Waals surface area contributed by atoms with Crippen LogP contribution in [-0.4, -0.2) is 59.0 Å².